The van der Waals surface area contributed by atoms with Crippen molar-refractivity contribution in [1.82, 2.24) is 4.90 Å². The van der Waals surface area contributed by atoms with Crippen molar-refractivity contribution in [3.8, 4) is 0 Å². The lowest BCUT2D eigenvalue weighted by Crippen LogP contribution is -2.39. The summed E-state index contributed by atoms with van der Waals surface area (Å²) in [6.45, 7) is 6.88. The van der Waals surface area contributed by atoms with Gasteiger partial charge in [-0.25, -0.2) is 0 Å². The van der Waals surface area contributed by atoms with Gasteiger partial charge in [0.2, 0.25) is 0 Å². The quantitative estimate of drug-likeness (QED) is 0.672. The highest BCUT2D eigenvalue weighted by Gasteiger charge is 2.25. The first-order valence-electron chi connectivity index (χ1n) is 4.17. The molecule has 0 aliphatic heterocycles. The fourth-order valence-electron chi connectivity index (χ4n) is 1.59. The first-order valence-corrected chi connectivity index (χ1v) is 4.17. The van der Waals surface area contributed by atoms with Crippen LogP contribution in [0.4, 0.5) is 0 Å². The second-order valence-corrected chi connectivity index (χ2v) is 4.36. The molecule has 0 aliphatic carbocycles. The van der Waals surface area contributed by atoms with Crippen molar-refractivity contribution >= 4 is 0 Å². The van der Waals surface area contributed by atoms with E-state index in [-0.39, 0.29) is 12.0 Å². The molecule has 0 amide bonds. The molecule has 0 saturated heterocycles. The number of aliphatic hydroxyl groups is 1. The summed E-state index contributed by atoms with van der Waals surface area (Å²) in [6.07, 6.45) is 0.858. The van der Waals surface area contributed by atoms with E-state index in [1.165, 1.54) is 0 Å². The first kappa shape index (κ1) is 10.9. The van der Waals surface area contributed by atoms with Crippen LogP contribution in [0.15, 0.2) is 0 Å². The van der Waals surface area contributed by atoms with Crippen molar-refractivity contribution in [3.05, 3.63) is 0 Å². The SMILES string of the molecule is CN(C)C(CCO)C(C)(C)C. The minimum absolute atomic E-state index is 0.256. The van der Waals surface area contributed by atoms with E-state index in [0.29, 0.717) is 6.04 Å². The van der Waals surface area contributed by atoms with Gasteiger partial charge < -0.3 is 10.0 Å². The molecule has 0 radical (unpaired) electrons. The monoisotopic (exact) mass is 159 g/mol. The Bertz CT molecular complexity index is 105. The Balaban J connectivity index is 4.10. The summed E-state index contributed by atoms with van der Waals surface area (Å²) in [5.41, 5.74) is 0.256. The normalized spacial score (nSPS) is 15.5. The molecule has 0 rings (SSSR count). The van der Waals surface area contributed by atoms with Crippen LogP contribution in [0.3, 0.4) is 0 Å². The van der Waals surface area contributed by atoms with Crippen LogP contribution in [0.1, 0.15) is 27.2 Å². The topological polar surface area (TPSA) is 23.5 Å². The zero-order valence-corrected chi connectivity index (χ0v) is 8.39. The van der Waals surface area contributed by atoms with Crippen LogP contribution in [-0.4, -0.2) is 36.8 Å². The summed E-state index contributed by atoms with van der Waals surface area (Å²) in [5.74, 6) is 0. The van der Waals surface area contributed by atoms with Crippen molar-refractivity contribution < 1.29 is 5.11 Å². The van der Waals surface area contributed by atoms with E-state index in [1.807, 2.05) is 0 Å². The van der Waals surface area contributed by atoms with Gasteiger partial charge in [-0.2, -0.15) is 0 Å². The van der Waals surface area contributed by atoms with Crippen molar-refractivity contribution in [1.29, 1.82) is 0 Å². The van der Waals surface area contributed by atoms with Crippen LogP contribution < -0.4 is 0 Å². The van der Waals surface area contributed by atoms with E-state index < -0.39 is 0 Å². The van der Waals surface area contributed by atoms with Gasteiger partial charge in [0.1, 0.15) is 0 Å². The lowest BCUT2D eigenvalue weighted by atomic mass is 9.84. The maximum absolute atomic E-state index is 8.82. The highest BCUT2D eigenvalue weighted by atomic mass is 16.3. The largest absolute Gasteiger partial charge is 0.396 e. The predicted molar refractivity (Wildman–Crippen MR) is 48.6 cm³/mol. The highest BCUT2D eigenvalue weighted by Crippen LogP contribution is 2.24. The number of nitrogens with zero attached hydrogens (tertiary/aromatic N) is 1. The molecule has 68 valence electrons. The van der Waals surface area contributed by atoms with E-state index >= 15 is 0 Å². The summed E-state index contributed by atoms with van der Waals surface area (Å²) < 4.78 is 0. The molecule has 0 aliphatic rings. The van der Waals surface area contributed by atoms with Gasteiger partial charge in [0, 0.05) is 12.6 Å². The van der Waals surface area contributed by atoms with Crippen LogP contribution >= 0.6 is 0 Å². The Hall–Kier alpha value is -0.0800. The van der Waals surface area contributed by atoms with Crippen LogP contribution in [0.25, 0.3) is 0 Å². The average molecular weight is 159 g/mol. The molecule has 0 aromatic carbocycles. The Labute approximate surface area is 70.2 Å². The Morgan fingerprint density at radius 3 is 1.82 bits per heavy atom. The predicted octanol–water partition coefficient (Wildman–Crippen LogP) is 1.35. The van der Waals surface area contributed by atoms with E-state index in [9.17, 15) is 0 Å². The Morgan fingerprint density at radius 1 is 1.27 bits per heavy atom. The zero-order chi connectivity index (χ0) is 9.07. The molecular formula is C9H21NO. The third-order valence-corrected chi connectivity index (χ3v) is 2.03. The second-order valence-electron chi connectivity index (χ2n) is 4.36. The molecule has 1 unspecified atom stereocenters. The second kappa shape index (κ2) is 4.07. The maximum Gasteiger partial charge on any atom is 0.0446 e. The molecule has 0 saturated carbocycles. The van der Waals surface area contributed by atoms with Gasteiger partial charge in [-0.1, -0.05) is 20.8 Å². The molecule has 0 fully saturated rings. The molecule has 1 atom stereocenters. The number of aliphatic hydroxyl groups excluding tert-OH is 1. The summed E-state index contributed by atoms with van der Waals surface area (Å²) >= 11 is 0. The van der Waals surface area contributed by atoms with E-state index in [4.69, 9.17) is 5.11 Å². The van der Waals surface area contributed by atoms with E-state index in [2.05, 4.69) is 39.8 Å². The molecule has 2 nitrogen and oxygen atoms in total. The van der Waals surface area contributed by atoms with Gasteiger partial charge >= 0.3 is 0 Å². The average Bonchev–Trinajstić information content (AvgIpc) is 1.79. The maximum atomic E-state index is 8.82. The standard InChI is InChI=1S/C9H21NO/c1-9(2,3)8(6-7-11)10(4)5/h8,11H,6-7H2,1-5H3. The van der Waals surface area contributed by atoms with Gasteiger partial charge in [0.15, 0.2) is 0 Å². The van der Waals surface area contributed by atoms with E-state index in [0.717, 1.165) is 6.42 Å². The van der Waals surface area contributed by atoms with Crippen LogP contribution in [0.2, 0.25) is 0 Å². The smallest absolute Gasteiger partial charge is 0.0446 e. The molecule has 0 aromatic rings. The molecule has 0 spiro atoms. The van der Waals surface area contributed by atoms with Gasteiger partial charge in [-0.05, 0) is 25.9 Å². The minimum Gasteiger partial charge on any atom is -0.396 e. The van der Waals surface area contributed by atoms with Gasteiger partial charge in [0.05, 0.1) is 0 Å². The Kier molecular flexibility index (Phi) is 4.04. The number of rotatable bonds is 3. The first-order chi connectivity index (χ1) is 4.89. The van der Waals surface area contributed by atoms with Crippen molar-refractivity contribution in [2.24, 2.45) is 5.41 Å². The van der Waals surface area contributed by atoms with Crippen LogP contribution in [0.5, 0.6) is 0 Å². The third kappa shape index (κ3) is 3.73. The lowest BCUT2D eigenvalue weighted by molar-refractivity contribution is 0.117. The van der Waals surface area contributed by atoms with Gasteiger partial charge in [-0.15, -0.1) is 0 Å². The minimum atomic E-state index is 0.256. The third-order valence-electron chi connectivity index (χ3n) is 2.03. The van der Waals surface area contributed by atoms with Crippen molar-refractivity contribution in [2.75, 3.05) is 20.7 Å². The molecule has 2 heteroatoms. The number of hydrogen-bond donors (Lipinski definition) is 1. The molecule has 0 aromatic heterocycles. The van der Waals surface area contributed by atoms with Crippen LogP contribution in [-0.2, 0) is 0 Å². The molecule has 0 bridgehead atoms. The summed E-state index contributed by atoms with van der Waals surface area (Å²) in [6, 6.07) is 0.465. The molecule has 11 heavy (non-hydrogen) atoms. The summed E-state index contributed by atoms with van der Waals surface area (Å²) in [5, 5.41) is 8.82. The lowest BCUT2D eigenvalue weighted by Gasteiger charge is -2.35. The van der Waals surface area contributed by atoms with Gasteiger partial charge in [-0.3, -0.25) is 0 Å². The molecular weight excluding hydrogens is 138 g/mol. The zero-order valence-electron chi connectivity index (χ0n) is 8.39. The summed E-state index contributed by atoms with van der Waals surface area (Å²) in [7, 11) is 4.12. The highest BCUT2D eigenvalue weighted by molar-refractivity contribution is 4.79. The van der Waals surface area contributed by atoms with Crippen molar-refractivity contribution in [3.63, 3.8) is 0 Å². The van der Waals surface area contributed by atoms with Gasteiger partial charge in [0.25, 0.3) is 0 Å². The molecule has 0 heterocycles. The molecule has 1 N–H and O–H groups in total. The van der Waals surface area contributed by atoms with E-state index in [1.54, 1.807) is 0 Å². The van der Waals surface area contributed by atoms with Crippen molar-refractivity contribution in [2.45, 2.75) is 33.2 Å². The summed E-state index contributed by atoms with van der Waals surface area (Å²) in [4.78, 5) is 2.18. The fraction of sp³-hybridized carbons (Fsp3) is 1.00. The number of hydrogen-bond acceptors (Lipinski definition) is 2. The fourth-order valence-corrected chi connectivity index (χ4v) is 1.59. The Morgan fingerprint density at radius 2 is 1.73 bits per heavy atom. The van der Waals surface area contributed by atoms with Crippen LogP contribution in [0, 0.1) is 5.41 Å².